The largest absolute Gasteiger partial charge is 0.291 e. The Balaban J connectivity index is 1.55. The highest BCUT2D eigenvalue weighted by atomic mass is 15.1. The van der Waals surface area contributed by atoms with Crippen molar-refractivity contribution in [3.8, 4) is 0 Å². The Kier molecular flexibility index (Phi) is 7.52. The Morgan fingerprint density at radius 3 is 1.64 bits per heavy atom. The Morgan fingerprint density at radius 2 is 1.14 bits per heavy atom. The van der Waals surface area contributed by atoms with Crippen molar-refractivity contribution in [3.05, 3.63) is 120 Å². The van der Waals surface area contributed by atoms with Gasteiger partial charge in [0.1, 0.15) is 0 Å². The van der Waals surface area contributed by atoms with Crippen LogP contribution in [-0.2, 0) is 19.5 Å². The van der Waals surface area contributed by atoms with E-state index in [-0.39, 0.29) is 6.40 Å². The van der Waals surface area contributed by atoms with Gasteiger partial charge in [0.25, 0.3) is 0 Å². The first-order valence-corrected chi connectivity index (χ1v) is 10.1. The van der Waals surface area contributed by atoms with E-state index in [0.29, 0.717) is 0 Å². The van der Waals surface area contributed by atoms with Gasteiger partial charge in [-0.2, -0.15) is 0 Å². The topological polar surface area (TPSA) is 3.24 Å². The molecular formula is C27H31N. The second kappa shape index (κ2) is 11.3. The molecule has 0 saturated heterocycles. The van der Waals surface area contributed by atoms with E-state index in [9.17, 15) is 0 Å². The minimum atomic E-state index is -0.215. The van der Waals surface area contributed by atoms with Gasteiger partial charge in [0.2, 0.25) is 0 Å². The summed E-state index contributed by atoms with van der Waals surface area (Å²) in [5.74, 6) is 0. The third-order valence-corrected chi connectivity index (χ3v) is 4.87. The predicted molar refractivity (Wildman–Crippen MR) is 120 cm³/mol. The molecule has 3 aromatic rings. The van der Waals surface area contributed by atoms with Gasteiger partial charge in [-0.3, -0.25) is 4.90 Å². The van der Waals surface area contributed by atoms with E-state index in [2.05, 4.69) is 96.4 Å². The van der Waals surface area contributed by atoms with Crippen LogP contribution in [0.3, 0.4) is 0 Å². The van der Waals surface area contributed by atoms with Crippen molar-refractivity contribution < 1.29 is 1.37 Å². The molecule has 0 aliphatic heterocycles. The fraction of sp³-hybridized carbons (Fsp3) is 0.259. The SMILES string of the molecule is [2H]C(CCCc1ccccc1)C(=C)CN(Cc1ccccc1)Cc1ccccc1. The lowest BCUT2D eigenvalue weighted by molar-refractivity contribution is 0.276. The predicted octanol–water partition coefficient (Wildman–Crippen LogP) is 6.66. The molecule has 0 fully saturated rings. The molecule has 0 spiro atoms. The lowest BCUT2D eigenvalue weighted by atomic mass is 10.0. The molecule has 0 heterocycles. The molecule has 1 atom stereocenters. The molecule has 0 saturated carbocycles. The van der Waals surface area contributed by atoms with E-state index in [4.69, 9.17) is 1.37 Å². The van der Waals surface area contributed by atoms with Gasteiger partial charge in [-0.1, -0.05) is 103 Å². The summed E-state index contributed by atoms with van der Waals surface area (Å²) in [5.41, 5.74) is 4.94. The second-order valence-electron chi connectivity index (χ2n) is 7.36. The van der Waals surface area contributed by atoms with Crippen LogP contribution in [0.4, 0.5) is 0 Å². The van der Waals surface area contributed by atoms with Crippen LogP contribution in [0.2, 0.25) is 0 Å². The molecule has 0 aliphatic carbocycles. The summed E-state index contributed by atoms with van der Waals surface area (Å²) in [6, 6.07) is 31.6. The first-order valence-electron chi connectivity index (χ1n) is 10.7. The minimum Gasteiger partial charge on any atom is -0.291 e. The number of aryl methyl sites for hydroxylation is 1. The van der Waals surface area contributed by atoms with Gasteiger partial charge in [0, 0.05) is 21.0 Å². The zero-order chi connectivity index (χ0) is 20.3. The first-order chi connectivity index (χ1) is 14.2. The van der Waals surface area contributed by atoms with Gasteiger partial charge in [-0.15, -0.1) is 0 Å². The third kappa shape index (κ3) is 7.17. The highest BCUT2D eigenvalue weighted by molar-refractivity contribution is 5.18. The van der Waals surface area contributed by atoms with Gasteiger partial charge in [0.15, 0.2) is 0 Å². The summed E-state index contributed by atoms with van der Waals surface area (Å²) in [7, 11) is 0. The van der Waals surface area contributed by atoms with Gasteiger partial charge < -0.3 is 0 Å². The number of hydrogen-bond acceptors (Lipinski definition) is 1. The quantitative estimate of drug-likeness (QED) is 0.341. The molecule has 1 heteroatoms. The molecule has 3 rings (SSSR count). The van der Waals surface area contributed by atoms with Crippen molar-refractivity contribution >= 4 is 0 Å². The van der Waals surface area contributed by atoms with E-state index >= 15 is 0 Å². The highest BCUT2D eigenvalue weighted by Gasteiger charge is 2.09. The van der Waals surface area contributed by atoms with Crippen LogP contribution in [0, 0.1) is 0 Å². The maximum Gasteiger partial charge on any atom is 0.0313 e. The Morgan fingerprint density at radius 1 is 0.679 bits per heavy atom. The monoisotopic (exact) mass is 370 g/mol. The summed E-state index contributed by atoms with van der Waals surface area (Å²) >= 11 is 0. The summed E-state index contributed by atoms with van der Waals surface area (Å²) in [4.78, 5) is 2.39. The van der Waals surface area contributed by atoms with Crippen LogP contribution < -0.4 is 0 Å². The van der Waals surface area contributed by atoms with Crippen LogP contribution in [0.1, 0.15) is 37.3 Å². The summed E-state index contributed by atoms with van der Waals surface area (Å²) in [5, 5.41) is 0. The normalized spacial score (nSPS) is 12.5. The van der Waals surface area contributed by atoms with Gasteiger partial charge in [-0.05, 0) is 42.3 Å². The summed E-state index contributed by atoms with van der Waals surface area (Å²) in [6.45, 7) is 6.76. The molecule has 1 unspecified atom stereocenters. The van der Waals surface area contributed by atoms with Crippen molar-refractivity contribution in [2.24, 2.45) is 0 Å². The summed E-state index contributed by atoms with van der Waals surface area (Å²) in [6.07, 6.45) is 2.70. The maximum absolute atomic E-state index is 8.57. The molecule has 0 amide bonds. The molecule has 0 aliphatic rings. The fourth-order valence-corrected chi connectivity index (χ4v) is 3.46. The van der Waals surface area contributed by atoms with Crippen molar-refractivity contribution in [2.45, 2.75) is 38.7 Å². The standard InChI is InChI=1S/C27H31N/c1-24(13-11-12-16-25-14-5-2-6-15-25)21-28(22-26-17-7-3-8-18-26)23-27-19-9-4-10-20-27/h2-10,14-15,17-20H,1,11-13,16,21-23H2/i13D. The van der Waals surface area contributed by atoms with E-state index in [0.717, 1.165) is 44.5 Å². The average molecular weight is 371 g/mol. The van der Waals surface area contributed by atoms with Crippen LogP contribution in [0.5, 0.6) is 0 Å². The lowest BCUT2D eigenvalue weighted by Crippen LogP contribution is -2.25. The number of hydrogen-bond donors (Lipinski definition) is 0. The number of nitrogens with zero attached hydrogens (tertiary/aromatic N) is 1. The van der Waals surface area contributed by atoms with Gasteiger partial charge in [-0.25, -0.2) is 0 Å². The van der Waals surface area contributed by atoms with Gasteiger partial charge >= 0.3 is 0 Å². The zero-order valence-corrected chi connectivity index (χ0v) is 16.6. The van der Waals surface area contributed by atoms with E-state index in [1.807, 2.05) is 6.07 Å². The molecule has 0 bridgehead atoms. The Bertz CT molecular complexity index is 804. The van der Waals surface area contributed by atoms with E-state index < -0.39 is 0 Å². The van der Waals surface area contributed by atoms with Crippen LogP contribution in [0.15, 0.2) is 103 Å². The third-order valence-electron chi connectivity index (χ3n) is 4.87. The molecule has 0 N–H and O–H groups in total. The first kappa shape index (κ1) is 18.7. The fourth-order valence-electron chi connectivity index (χ4n) is 3.46. The van der Waals surface area contributed by atoms with Crippen molar-refractivity contribution in [1.82, 2.24) is 4.90 Å². The Hall–Kier alpha value is -2.64. The molecule has 144 valence electrons. The van der Waals surface area contributed by atoms with Gasteiger partial charge in [0.05, 0.1) is 0 Å². The van der Waals surface area contributed by atoms with E-state index in [1.165, 1.54) is 16.7 Å². The van der Waals surface area contributed by atoms with E-state index in [1.54, 1.807) is 0 Å². The molecule has 1 nitrogen and oxygen atoms in total. The van der Waals surface area contributed by atoms with Crippen LogP contribution in [0.25, 0.3) is 0 Å². The lowest BCUT2D eigenvalue weighted by Gasteiger charge is -2.24. The Labute approximate surface area is 171 Å². The maximum atomic E-state index is 8.57. The smallest absolute Gasteiger partial charge is 0.0313 e. The zero-order valence-electron chi connectivity index (χ0n) is 17.6. The highest BCUT2D eigenvalue weighted by Crippen LogP contribution is 2.15. The minimum absolute atomic E-state index is 0.215. The second-order valence-corrected chi connectivity index (χ2v) is 7.36. The van der Waals surface area contributed by atoms with Crippen molar-refractivity contribution in [3.63, 3.8) is 0 Å². The average Bonchev–Trinajstić information content (AvgIpc) is 2.76. The van der Waals surface area contributed by atoms with Crippen LogP contribution >= 0.6 is 0 Å². The molecule has 3 aromatic carbocycles. The summed E-state index contributed by atoms with van der Waals surface area (Å²) < 4.78 is 8.57. The molecule has 0 radical (unpaired) electrons. The molecular weight excluding hydrogens is 338 g/mol. The number of benzene rings is 3. The number of rotatable bonds is 11. The van der Waals surface area contributed by atoms with Crippen LogP contribution in [-0.4, -0.2) is 11.4 Å². The molecule has 0 aromatic heterocycles. The molecule has 28 heavy (non-hydrogen) atoms. The van der Waals surface area contributed by atoms with Crippen molar-refractivity contribution in [2.75, 3.05) is 6.54 Å². The van der Waals surface area contributed by atoms with Crippen molar-refractivity contribution in [1.29, 1.82) is 0 Å².